The lowest BCUT2D eigenvalue weighted by molar-refractivity contribution is 0.0798. The zero-order chi connectivity index (χ0) is 20.5. The summed E-state index contributed by atoms with van der Waals surface area (Å²) in [5.41, 5.74) is 0.501. The van der Waals surface area contributed by atoms with Crippen LogP contribution in [0.3, 0.4) is 0 Å². The van der Waals surface area contributed by atoms with Gasteiger partial charge in [-0.3, -0.25) is 0 Å². The fourth-order valence-corrected chi connectivity index (χ4v) is 2.91. The maximum absolute atomic E-state index is 10.5. The molecule has 0 aliphatic rings. The molecule has 0 amide bonds. The molecule has 8 heteroatoms. The molecule has 0 bridgehead atoms. The number of nitrogens with zero attached hydrogens (tertiary/aromatic N) is 5. The second-order valence-corrected chi connectivity index (χ2v) is 7.24. The summed E-state index contributed by atoms with van der Waals surface area (Å²) < 4.78 is 5.31. The van der Waals surface area contributed by atoms with Crippen LogP contribution >= 0.6 is 0 Å². The van der Waals surface area contributed by atoms with Crippen LogP contribution in [0.1, 0.15) is 50.6 Å². The Morgan fingerprint density at radius 2 is 1.86 bits per heavy atom. The van der Waals surface area contributed by atoms with E-state index in [4.69, 9.17) is 4.74 Å². The molecule has 0 aliphatic heterocycles. The van der Waals surface area contributed by atoms with E-state index in [0.29, 0.717) is 39.9 Å². The summed E-state index contributed by atoms with van der Waals surface area (Å²) >= 11 is 0. The molecule has 3 aromatic rings. The summed E-state index contributed by atoms with van der Waals surface area (Å²) in [5, 5.41) is 24.3. The minimum absolute atomic E-state index is 0.0607. The highest BCUT2D eigenvalue weighted by atomic mass is 16.5. The summed E-state index contributed by atoms with van der Waals surface area (Å²) in [6.45, 7) is 7.31. The van der Waals surface area contributed by atoms with Gasteiger partial charge in [-0.25, -0.2) is 19.9 Å². The van der Waals surface area contributed by atoms with Crippen LogP contribution < -0.4 is 10.1 Å². The first kappa shape index (κ1) is 19.5. The zero-order valence-corrected chi connectivity index (χ0v) is 16.5. The number of nitrogens with one attached hydrogen (secondary N) is 1. The molecular formula is C20H22N6O2. The largest absolute Gasteiger partial charge is 0.481 e. The van der Waals surface area contributed by atoms with E-state index in [1.165, 1.54) is 13.3 Å². The average Bonchev–Trinajstić information content (AvgIpc) is 2.66. The van der Waals surface area contributed by atoms with Crippen LogP contribution in [0, 0.1) is 11.3 Å². The van der Waals surface area contributed by atoms with Gasteiger partial charge in [-0.1, -0.05) is 13.8 Å². The number of pyridine rings is 2. The number of anilines is 2. The van der Waals surface area contributed by atoms with Crippen molar-refractivity contribution in [3.63, 3.8) is 0 Å². The highest BCUT2D eigenvalue weighted by Crippen LogP contribution is 2.33. The molecular weight excluding hydrogens is 356 g/mol. The van der Waals surface area contributed by atoms with Gasteiger partial charge >= 0.3 is 0 Å². The number of hydrogen-bond acceptors (Lipinski definition) is 8. The number of fused-ring (bicyclic) bond motifs is 1. The molecule has 8 nitrogen and oxygen atoms in total. The van der Waals surface area contributed by atoms with Crippen molar-refractivity contribution in [2.45, 2.75) is 39.2 Å². The van der Waals surface area contributed by atoms with E-state index in [1.807, 2.05) is 19.9 Å². The third-order valence-electron chi connectivity index (χ3n) is 4.30. The maximum atomic E-state index is 10.5. The summed E-state index contributed by atoms with van der Waals surface area (Å²) in [6, 6.07) is 3.87. The van der Waals surface area contributed by atoms with Crippen LogP contribution in [-0.2, 0) is 5.60 Å². The minimum atomic E-state index is -1.09. The van der Waals surface area contributed by atoms with Crippen molar-refractivity contribution >= 4 is 22.4 Å². The van der Waals surface area contributed by atoms with E-state index >= 15 is 0 Å². The number of hydrogen-bond donors (Lipinski definition) is 2. The fraction of sp³-hybridized carbons (Fsp3) is 0.350. The Morgan fingerprint density at radius 3 is 2.46 bits per heavy atom. The molecule has 0 atom stereocenters. The van der Waals surface area contributed by atoms with Gasteiger partial charge in [0.1, 0.15) is 17.7 Å². The number of aliphatic hydroxyl groups is 1. The van der Waals surface area contributed by atoms with E-state index in [-0.39, 0.29) is 5.92 Å². The Bertz CT molecular complexity index is 1070. The fourth-order valence-electron chi connectivity index (χ4n) is 2.91. The van der Waals surface area contributed by atoms with Crippen LogP contribution in [0.4, 0.5) is 11.6 Å². The van der Waals surface area contributed by atoms with Crippen LogP contribution in [0.25, 0.3) is 10.8 Å². The van der Waals surface area contributed by atoms with Crippen molar-refractivity contribution in [2.75, 3.05) is 12.4 Å². The van der Waals surface area contributed by atoms with Crippen LogP contribution in [0.15, 0.2) is 24.7 Å². The monoisotopic (exact) mass is 378 g/mol. The number of nitriles is 1. The molecule has 2 N–H and O–H groups in total. The SMILES string of the molecule is COc1ncc(C(C)(C)O)c2cc(Nc3cnc(C#N)c(C(C)C)n3)ncc12. The van der Waals surface area contributed by atoms with Crippen molar-refractivity contribution in [3.05, 3.63) is 41.6 Å². The Hall–Kier alpha value is -3.31. The van der Waals surface area contributed by atoms with Crippen LogP contribution in [-0.4, -0.2) is 32.2 Å². The summed E-state index contributed by atoms with van der Waals surface area (Å²) in [5.74, 6) is 1.51. The molecule has 0 aliphatic carbocycles. The van der Waals surface area contributed by atoms with Crippen LogP contribution in [0.5, 0.6) is 5.88 Å². The van der Waals surface area contributed by atoms with Crippen LogP contribution in [0.2, 0.25) is 0 Å². The van der Waals surface area contributed by atoms with Gasteiger partial charge in [-0.15, -0.1) is 0 Å². The molecule has 0 spiro atoms. The molecule has 0 saturated carbocycles. The molecule has 3 aromatic heterocycles. The Morgan fingerprint density at radius 1 is 1.11 bits per heavy atom. The van der Waals surface area contributed by atoms with E-state index in [1.54, 1.807) is 26.2 Å². The minimum Gasteiger partial charge on any atom is -0.481 e. The van der Waals surface area contributed by atoms with E-state index in [0.717, 1.165) is 5.39 Å². The lowest BCUT2D eigenvalue weighted by Crippen LogP contribution is -2.16. The normalized spacial score (nSPS) is 11.5. The standard InChI is InChI=1S/C20H22N6O2/c1-11(2)18-15(7-21)22-10-17(26-18)25-16-6-12-13(8-23-16)19(28-5)24-9-14(12)20(3,4)27/h6,8-11,27H,1-5H3,(H,23,25,26). The molecule has 3 heterocycles. The van der Waals surface area contributed by atoms with Crippen molar-refractivity contribution in [1.82, 2.24) is 19.9 Å². The van der Waals surface area contributed by atoms with Gasteiger partial charge in [-0.05, 0) is 31.2 Å². The van der Waals surface area contributed by atoms with E-state index < -0.39 is 5.60 Å². The Labute approximate surface area is 163 Å². The van der Waals surface area contributed by atoms with Gasteiger partial charge in [0.25, 0.3) is 0 Å². The molecule has 0 aromatic carbocycles. The Balaban J connectivity index is 2.08. The van der Waals surface area contributed by atoms with Gasteiger partial charge in [0.05, 0.1) is 30.0 Å². The van der Waals surface area contributed by atoms with Crippen molar-refractivity contribution in [2.24, 2.45) is 0 Å². The first-order valence-electron chi connectivity index (χ1n) is 8.84. The van der Waals surface area contributed by atoms with Crippen molar-refractivity contribution in [3.8, 4) is 11.9 Å². The molecule has 0 unspecified atom stereocenters. The van der Waals surface area contributed by atoms with Gasteiger partial charge in [0.15, 0.2) is 5.69 Å². The second kappa shape index (κ2) is 7.37. The predicted octanol–water partition coefficient (Wildman–Crippen LogP) is 3.39. The summed E-state index contributed by atoms with van der Waals surface area (Å²) in [4.78, 5) is 17.3. The summed E-state index contributed by atoms with van der Waals surface area (Å²) in [6.07, 6.45) is 4.74. The molecule has 0 saturated heterocycles. The Kier molecular flexibility index (Phi) is 5.12. The second-order valence-electron chi connectivity index (χ2n) is 7.24. The van der Waals surface area contributed by atoms with Crippen molar-refractivity contribution in [1.29, 1.82) is 5.26 Å². The highest BCUT2D eigenvalue weighted by molar-refractivity contribution is 5.91. The number of methoxy groups -OCH3 is 1. The topological polar surface area (TPSA) is 117 Å². The lowest BCUT2D eigenvalue weighted by atomic mass is 9.95. The third-order valence-corrected chi connectivity index (χ3v) is 4.30. The quantitative estimate of drug-likeness (QED) is 0.694. The average molecular weight is 378 g/mol. The molecule has 0 radical (unpaired) electrons. The van der Waals surface area contributed by atoms with Gasteiger partial charge in [0.2, 0.25) is 5.88 Å². The lowest BCUT2D eigenvalue weighted by Gasteiger charge is -2.20. The smallest absolute Gasteiger partial charge is 0.222 e. The number of ether oxygens (including phenoxy) is 1. The predicted molar refractivity (Wildman–Crippen MR) is 105 cm³/mol. The van der Waals surface area contributed by atoms with Gasteiger partial charge in [-0.2, -0.15) is 5.26 Å². The molecule has 0 fully saturated rings. The first-order chi connectivity index (χ1) is 13.2. The third kappa shape index (κ3) is 3.70. The van der Waals surface area contributed by atoms with Crippen molar-refractivity contribution < 1.29 is 9.84 Å². The molecule has 28 heavy (non-hydrogen) atoms. The number of aromatic nitrogens is 4. The highest BCUT2D eigenvalue weighted by Gasteiger charge is 2.22. The zero-order valence-electron chi connectivity index (χ0n) is 16.5. The van der Waals surface area contributed by atoms with E-state index in [9.17, 15) is 10.4 Å². The van der Waals surface area contributed by atoms with E-state index in [2.05, 4.69) is 31.3 Å². The summed E-state index contributed by atoms with van der Waals surface area (Å²) in [7, 11) is 1.54. The first-order valence-corrected chi connectivity index (χ1v) is 8.84. The van der Waals surface area contributed by atoms with Gasteiger partial charge in [0, 0.05) is 18.0 Å². The maximum Gasteiger partial charge on any atom is 0.222 e. The number of rotatable bonds is 5. The molecule has 144 valence electrons. The van der Waals surface area contributed by atoms with Gasteiger partial charge < -0.3 is 15.2 Å². The molecule has 3 rings (SSSR count).